The number of carbonyl (C=O) groups is 1. The van der Waals surface area contributed by atoms with Gasteiger partial charge in [-0.3, -0.25) is 4.79 Å². The third-order valence-corrected chi connectivity index (χ3v) is 2.87. The normalized spacial score (nSPS) is 12.6. The van der Waals surface area contributed by atoms with Gasteiger partial charge in [0.25, 0.3) is 0 Å². The second-order valence-electron chi connectivity index (χ2n) is 4.42. The van der Waals surface area contributed by atoms with Crippen LogP contribution in [0.3, 0.4) is 0 Å². The van der Waals surface area contributed by atoms with Crippen molar-refractivity contribution in [1.29, 1.82) is 0 Å². The number of aromatic nitrogens is 2. The lowest BCUT2D eigenvalue weighted by Gasteiger charge is -2.15. The van der Waals surface area contributed by atoms with Crippen molar-refractivity contribution >= 4 is 5.97 Å². The summed E-state index contributed by atoms with van der Waals surface area (Å²) in [5.41, 5.74) is 0. The van der Waals surface area contributed by atoms with Gasteiger partial charge < -0.3 is 15.0 Å². The fraction of sp³-hybridized carbons (Fsp3) is 0.692. The first kappa shape index (κ1) is 14.7. The molecule has 102 valence electrons. The molecule has 0 aromatic carbocycles. The molecule has 1 heterocycles. The van der Waals surface area contributed by atoms with Gasteiger partial charge in [-0.1, -0.05) is 13.8 Å². The van der Waals surface area contributed by atoms with E-state index in [-0.39, 0.29) is 0 Å². The fourth-order valence-electron chi connectivity index (χ4n) is 1.89. The smallest absolute Gasteiger partial charge is 0.320 e. The average Bonchev–Trinajstić information content (AvgIpc) is 2.77. The zero-order valence-electron chi connectivity index (χ0n) is 11.2. The van der Waals surface area contributed by atoms with E-state index in [0.29, 0.717) is 13.0 Å². The van der Waals surface area contributed by atoms with Crippen molar-refractivity contribution in [3.05, 3.63) is 18.2 Å². The molecule has 2 N–H and O–H groups in total. The number of aliphatic carboxylic acids is 1. The van der Waals surface area contributed by atoms with Crippen molar-refractivity contribution in [3.63, 3.8) is 0 Å². The van der Waals surface area contributed by atoms with Crippen LogP contribution in [0.15, 0.2) is 12.4 Å². The Bertz CT molecular complexity index is 363. The Morgan fingerprint density at radius 3 is 2.89 bits per heavy atom. The Kier molecular flexibility index (Phi) is 6.43. The van der Waals surface area contributed by atoms with E-state index in [1.165, 1.54) is 0 Å². The standard InChI is InChI=1S/C13H23N3O2/c1-3-5-12-15-8-10-16(12)9-6-11(13(17)18)14-7-4-2/h8,10-11,14H,3-7,9H2,1-2H3,(H,17,18). The third-order valence-electron chi connectivity index (χ3n) is 2.87. The lowest BCUT2D eigenvalue weighted by molar-refractivity contribution is -0.139. The van der Waals surface area contributed by atoms with Crippen LogP contribution in [0, 0.1) is 0 Å². The van der Waals surface area contributed by atoms with Crippen LogP contribution in [0.5, 0.6) is 0 Å². The van der Waals surface area contributed by atoms with Crippen LogP contribution in [0.2, 0.25) is 0 Å². The van der Waals surface area contributed by atoms with Gasteiger partial charge in [-0.15, -0.1) is 0 Å². The first-order chi connectivity index (χ1) is 8.69. The Morgan fingerprint density at radius 2 is 2.28 bits per heavy atom. The highest BCUT2D eigenvalue weighted by molar-refractivity contribution is 5.73. The van der Waals surface area contributed by atoms with E-state index in [0.717, 1.165) is 31.6 Å². The molecule has 0 spiro atoms. The lowest BCUT2D eigenvalue weighted by Crippen LogP contribution is -2.38. The van der Waals surface area contributed by atoms with Crippen molar-refractivity contribution in [2.24, 2.45) is 0 Å². The van der Waals surface area contributed by atoms with Crippen molar-refractivity contribution in [1.82, 2.24) is 14.9 Å². The van der Waals surface area contributed by atoms with E-state index >= 15 is 0 Å². The Hall–Kier alpha value is -1.36. The van der Waals surface area contributed by atoms with Crippen LogP contribution >= 0.6 is 0 Å². The Balaban J connectivity index is 2.50. The van der Waals surface area contributed by atoms with Gasteiger partial charge in [0.1, 0.15) is 11.9 Å². The first-order valence-electron chi connectivity index (χ1n) is 6.65. The highest BCUT2D eigenvalue weighted by Crippen LogP contribution is 2.04. The summed E-state index contributed by atoms with van der Waals surface area (Å²) in [6.45, 7) is 5.58. The van der Waals surface area contributed by atoms with Crippen molar-refractivity contribution in [2.75, 3.05) is 6.54 Å². The number of imidazole rings is 1. The SMILES string of the molecule is CCCNC(CCn1ccnc1CCC)C(=O)O. The summed E-state index contributed by atoms with van der Waals surface area (Å²) in [5, 5.41) is 12.2. The summed E-state index contributed by atoms with van der Waals surface area (Å²) in [5.74, 6) is 0.262. The molecule has 0 aliphatic heterocycles. The summed E-state index contributed by atoms with van der Waals surface area (Å²) >= 11 is 0. The van der Waals surface area contributed by atoms with E-state index in [9.17, 15) is 4.79 Å². The first-order valence-corrected chi connectivity index (χ1v) is 6.65. The molecule has 0 aliphatic rings. The maximum absolute atomic E-state index is 11.1. The molecular formula is C13H23N3O2. The van der Waals surface area contributed by atoms with Gasteiger partial charge >= 0.3 is 5.97 Å². The highest BCUT2D eigenvalue weighted by atomic mass is 16.4. The number of carboxylic acids is 1. The minimum Gasteiger partial charge on any atom is -0.480 e. The van der Waals surface area contributed by atoms with E-state index in [2.05, 4.69) is 17.2 Å². The van der Waals surface area contributed by atoms with Gasteiger partial charge in [0.15, 0.2) is 0 Å². The molecule has 1 rings (SSSR count). The summed E-state index contributed by atoms with van der Waals surface area (Å²) < 4.78 is 2.05. The maximum Gasteiger partial charge on any atom is 0.320 e. The van der Waals surface area contributed by atoms with Crippen LogP contribution in [0.1, 0.15) is 38.9 Å². The largest absolute Gasteiger partial charge is 0.480 e. The van der Waals surface area contributed by atoms with Crippen LogP contribution < -0.4 is 5.32 Å². The molecule has 0 saturated heterocycles. The molecule has 0 bridgehead atoms. The summed E-state index contributed by atoms with van der Waals surface area (Å²) in [6, 6.07) is -0.471. The zero-order chi connectivity index (χ0) is 13.4. The van der Waals surface area contributed by atoms with Gasteiger partial charge in [0.05, 0.1) is 0 Å². The van der Waals surface area contributed by atoms with Gasteiger partial charge in [0, 0.05) is 25.4 Å². The monoisotopic (exact) mass is 253 g/mol. The molecule has 0 fully saturated rings. The number of nitrogens with one attached hydrogen (secondary N) is 1. The molecule has 0 radical (unpaired) electrons. The van der Waals surface area contributed by atoms with Gasteiger partial charge in [-0.05, 0) is 25.8 Å². The average molecular weight is 253 g/mol. The number of carboxylic acid groups (broad SMARTS) is 1. The number of nitrogens with zero attached hydrogens (tertiary/aromatic N) is 2. The Labute approximate surface area is 108 Å². The van der Waals surface area contributed by atoms with Gasteiger partial charge in [-0.2, -0.15) is 0 Å². The van der Waals surface area contributed by atoms with Crippen LogP contribution in [-0.2, 0) is 17.8 Å². The second-order valence-corrected chi connectivity index (χ2v) is 4.42. The van der Waals surface area contributed by atoms with Crippen molar-refractivity contribution in [2.45, 2.75) is 52.1 Å². The molecule has 1 aromatic rings. The zero-order valence-corrected chi connectivity index (χ0v) is 11.2. The van der Waals surface area contributed by atoms with Crippen molar-refractivity contribution < 1.29 is 9.90 Å². The summed E-state index contributed by atoms with van der Waals surface area (Å²) in [6.07, 6.45) is 7.21. The third kappa shape index (κ3) is 4.49. The molecular weight excluding hydrogens is 230 g/mol. The molecule has 18 heavy (non-hydrogen) atoms. The summed E-state index contributed by atoms with van der Waals surface area (Å²) in [4.78, 5) is 15.4. The lowest BCUT2D eigenvalue weighted by atomic mass is 10.2. The maximum atomic E-state index is 11.1. The summed E-state index contributed by atoms with van der Waals surface area (Å²) in [7, 11) is 0. The van der Waals surface area contributed by atoms with Crippen LogP contribution in [-0.4, -0.2) is 33.2 Å². The fourth-order valence-corrected chi connectivity index (χ4v) is 1.89. The molecule has 0 amide bonds. The quantitative estimate of drug-likeness (QED) is 0.702. The van der Waals surface area contributed by atoms with Crippen LogP contribution in [0.4, 0.5) is 0 Å². The highest BCUT2D eigenvalue weighted by Gasteiger charge is 2.16. The molecule has 5 nitrogen and oxygen atoms in total. The number of rotatable bonds is 9. The van der Waals surface area contributed by atoms with Crippen molar-refractivity contribution in [3.8, 4) is 0 Å². The predicted octanol–water partition coefficient (Wildman–Crippen LogP) is 1.68. The number of hydrogen-bond acceptors (Lipinski definition) is 3. The molecule has 0 aliphatic carbocycles. The molecule has 1 atom stereocenters. The van der Waals surface area contributed by atoms with Gasteiger partial charge in [0.2, 0.25) is 0 Å². The van der Waals surface area contributed by atoms with E-state index in [1.807, 2.05) is 17.7 Å². The minimum absolute atomic E-state index is 0.471. The van der Waals surface area contributed by atoms with E-state index < -0.39 is 12.0 Å². The number of aryl methyl sites for hydroxylation is 2. The predicted molar refractivity (Wildman–Crippen MR) is 70.6 cm³/mol. The topological polar surface area (TPSA) is 67.2 Å². The van der Waals surface area contributed by atoms with E-state index in [4.69, 9.17) is 5.11 Å². The molecule has 1 unspecified atom stereocenters. The Morgan fingerprint density at radius 1 is 1.50 bits per heavy atom. The second kappa shape index (κ2) is 7.87. The molecule has 0 saturated carbocycles. The molecule has 5 heteroatoms. The van der Waals surface area contributed by atoms with E-state index in [1.54, 1.807) is 6.20 Å². The van der Waals surface area contributed by atoms with Crippen LogP contribution in [0.25, 0.3) is 0 Å². The van der Waals surface area contributed by atoms with Gasteiger partial charge in [-0.25, -0.2) is 4.98 Å². The number of hydrogen-bond donors (Lipinski definition) is 2. The molecule has 1 aromatic heterocycles. The minimum atomic E-state index is -0.777.